The SMILES string of the molecule is C[C@H]1C[C@H]2[C@@H]3C[C@H](F)C4=CC(=O)C=C[C@]4(C)C3=CC[C@]2(C)[C@@]1(O)C(O)CO. The molecule has 8 atom stereocenters. The number of hydrogen-bond acceptors (Lipinski definition) is 4. The molecule has 0 spiro atoms. The van der Waals surface area contributed by atoms with Gasteiger partial charge in [-0.2, -0.15) is 0 Å². The lowest BCUT2D eigenvalue weighted by Gasteiger charge is -2.55. The second-order valence-electron chi connectivity index (χ2n) is 9.40. The zero-order chi connectivity index (χ0) is 19.8. The van der Waals surface area contributed by atoms with Crippen LogP contribution in [0.25, 0.3) is 0 Å². The Kier molecular flexibility index (Phi) is 4.12. The van der Waals surface area contributed by atoms with E-state index >= 15 is 4.39 Å². The van der Waals surface area contributed by atoms with Gasteiger partial charge in [-0.1, -0.05) is 31.6 Å². The fourth-order valence-electron chi connectivity index (χ4n) is 6.76. The summed E-state index contributed by atoms with van der Waals surface area (Å²) in [4.78, 5) is 11.8. The largest absolute Gasteiger partial charge is 0.394 e. The molecular weight excluding hydrogens is 347 g/mol. The minimum Gasteiger partial charge on any atom is -0.394 e. The molecule has 4 aliphatic carbocycles. The van der Waals surface area contributed by atoms with E-state index in [1.165, 1.54) is 12.2 Å². The third kappa shape index (κ3) is 2.22. The van der Waals surface area contributed by atoms with Gasteiger partial charge in [-0.3, -0.25) is 4.79 Å². The van der Waals surface area contributed by atoms with Gasteiger partial charge in [-0.25, -0.2) is 4.39 Å². The number of rotatable bonds is 2. The van der Waals surface area contributed by atoms with E-state index in [1.54, 1.807) is 0 Å². The molecule has 148 valence electrons. The van der Waals surface area contributed by atoms with Crippen LogP contribution in [0.5, 0.6) is 0 Å². The first-order valence-corrected chi connectivity index (χ1v) is 9.90. The minimum atomic E-state index is -1.41. The van der Waals surface area contributed by atoms with Crippen molar-refractivity contribution >= 4 is 5.78 Å². The second kappa shape index (κ2) is 5.85. The summed E-state index contributed by atoms with van der Waals surface area (Å²) in [6, 6.07) is 0. The second-order valence-corrected chi connectivity index (χ2v) is 9.40. The molecule has 0 aromatic carbocycles. The van der Waals surface area contributed by atoms with Crippen LogP contribution in [0.2, 0.25) is 0 Å². The summed E-state index contributed by atoms with van der Waals surface area (Å²) in [7, 11) is 0. The third-order valence-corrected chi connectivity index (χ3v) is 8.28. The standard InChI is InChI=1S/C22H29FO4/c1-12-8-16-14-10-18(23)17-9-13(25)4-6-20(17,2)15(14)5-7-21(16,3)22(12,27)19(26)11-24/h4-6,9,12,14,16,18-19,24,26-27H,7-8,10-11H2,1-3H3/t12-,14+,16-,18-,19?,20+,21-,22-/m0/s1. The van der Waals surface area contributed by atoms with E-state index in [-0.39, 0.29) is 23.5 Å². The smallest absolute Gasteiger partial charge is 0.178 e. The van der Waals surface area contributed by atoms with Crippen molar-refractivity contribution in [2.24, 2.45) is 28.6 Å². The third-order valence-electron chi connectivity index (χ3n) is 8.28. The fraction of sp³-hybridized carbons (Fsp3) is 0.682. The van der Waals surface area contributed by atoms with Gasteiger partial charge in [0, 0.05) is 10.8 Å². The number of hydrogen-bond donors (Lipinski definition) is 3. The first kappa shape index (κ1) is 19.0. The zero-order valence-corrected chi connectivity index (χ0v) is 16.2. The highest BCUT2D eigenvalue weighted by Gasteiger charge is 2.67. The number of alkyl halides is 1. The molecule has 4 nitrogen and oxygen atoms in total. The maximum atomic E-state index is 15.2. The van der Waals surface area contributed by atoms with Crippen molar-refractivity contribution in [2.75, 3.05) is 6.61 Å². The lowest BCUT2D eigenvalue weighted by molar-refractivity contribution is -0.181. The van der Waals surface area contributed by atoms with Crippen LogP contribution < -0.4 is 0 Å². The Morgan fingerprint density at radius 3 is 2.67 bits per heavy atom. The molecule has 0 amide bonds. The lowest BCUT2D eigenvalue weighted by atomic mass is 9.51. The van der Waals surface area contributed by atoms with Crippen molar-refractivity contribution < 1.29 is 24.5 Å². The maximum absolute atomic E-state index is 15.2. The van der Waals surface area contributed by atoms with Crippen molar-refractivity contribution in [3.8, 4) is 0 Å². The Labute approximate surface area is 159 Å². The Hall–Kier alpha value is -1.30. The Morgan fingerprint density at radius 2 is 2.00 bits per heavy atom. The number of allylic oxidation sites excluding steroid dienone is 6. The van der Waals surface area contributed by atoms with Crippen molar-refractivity contribution in [2.45, 2.75) is 57.9 Å². The lowest BCUT2D eigenvalue weighted by Crippen LogP contribution is -2.59. The van der Waals surface area contributed by atoms with Gasteiger partial charge in [0.25, 0.3) is 0 Å². The monoisotopic (exact) mass is 376 g/mol. The van der Waals surface area contributed by atoms with E-state index in [0.717, 1.165) is 5.57 Å². The number of fused-ring (bicyclic) bond motifs is 5. The number of aliphatic hydroxyl groups excluding tert-OH is 2. The quantitative estimate of drug-likeness (QED) is 0.647. The molecule has 27 heavy (non-hydrogen) atoms. The average Bonchev–Trinajstić information content (AvgIpc) is 2.84. The van der Waals surface area contributed by atoms with Crippen LogP contribution in [-0.2, 0) is 4.79 Å². The predicted molar refractivity (Wildman–Crippen MR) is 99.5 cm³/mol. The molecule has 0 aromatic rings. The van der Waals surface area contributed by atoms with E-state index in [1.807, 2.05) is 26.8 Å². The van der Waals surface area contributed by atoms with Gasteiger partial charge < -0.3 is 15.3 Å². The number of ketones is 1. The van der Waals surface area contributed by atoms with Gasteiger partial charge >= 0.3 is 0 Å². The molecule has 2 fully saturated rings. The van der Waals surface area contributed by atoms with Gasteiger partial charge in [0.1, 0.15) is 17.9 Å². The van der Waals surface area contributed by atoms with Crippen LogP contribution in [-0.4, -0.2) is 45.6 Å². The summed E-state index contributed by atoms with van der Waals surface area (Å²) in [6.07, 6.45) is 6.00. The van der Waals surface area contributed by atoms with E-state index in [9.17, 15) is 20.1 Å². The molecule has 0 saturated heterocycles. The molecular formula is C22H29FO4. The van der Waals surface area contributed by atoms with Crippen LogP contribution in [0.3, 0.4) is 0 Å². The molecule has 4 rings (SSSR count). The van der Waals surface area contributed by atoms with Crippen LogP contribution in [0.4, 0.5) is 4.39 Å². The molecule has 0 aromatic heterocycles. The topological polar surface area (TPSA) is 77.8 Å². The summed E-state index contributed by atoms with van der Waals surface area (Å²) >= 11 is 0. The molecule has 2 saturated carbocycles. The number of aliphatic hydroxyl groups is 3. The normalized spacial score (nSPS) is 49.7. The van der Waals surface area contributed by atoms with Crippen LogP contribution in [0.15, 0.2) is 35.5 Å². The van der Waals surface area contributed by atoms with Gasteiger partial charge in [0.05, 0.1) is 6.61 Å². The number of halogens is 1. The number of carbonyl (C=O) groups excluding carboxylic acids is 1. The molecule has 1 unspecified atom stereocenters. The van der Waals surface area contributed by atoms with Crippen molar-refractivity contribution in [1.82, 2.24) is 0 Å². The van der Waals surface area contributed by atoms with Crippen LogP contribution in [0.1, 0.15) is 40.0 Å². The summed E-state index contributed by atoms with van der Waals surface area (Å²) in [5.74, 6) is -0.407. The van der Waals surface area contributed by atoms with Crippen molar-refractivity contribution in [1.29, 1.82) is 0 Å². The van der Waals surface area contributed by atoms with Crippen LogP contribution in [0, 0.1) is 28.6 Å². The van der Waals surface area contributed by atoms with Gasteiger partial charge in [-0.05, 0) is 61.7 Å². The predicted octanol–water partition coefficient (Wildman–Crippen LogP) is 2.49. The first-order valence-electron chi connectivity index (χ1n) is 9.90. The molecule has 3 N–H and O–H groups in total. The molecule has 0 aliphatic heterocycles. The van der Waals surface area contributed by atoms with Gasteiger partial charge in [-0.15, -0.1) is 0 Å². The Morgan fingerprint density at radius 1 is 1.30 bits per heavy atom. The van der Waals surface area contributed by atoms with E-state index < -0.39 is 35.3 Å². The van der Waals surface area contributed by atoms with Crippen LogP contribution >= 0.6 is 0 Å². The summed E-state index contributed by atoms with van der Waals surface area (Å²) in [5, 5.41) is 31.5. The van der Waals surface area contributed by atoms with Crippen molar-refractivity contribution in [3.05, 3.63) is 35.5 Å². The van der Waals surface area contributed by atoms with Gasteiger partial charge in [0.15, 0.2) is 5.78 Å². The molecule has 5 heteroatoms. The highest BCUT2D eigenvalue weighted by Crippen LogP contribution is 2.67. The van der Waals surface area contributed by atoms with E-state index in [4.69, 9.17) is 0 Å². The zero-order valence-electron chi connectivity index (χ0n) is 16.2. The minimum absolute atomic E-state index is 0.0151. The fourth-order valence-corrected chi connectivity index (χ4v) is 6.76. The number of carbonyl (C=O) groups is 1. The van der Waals surface area contributed by atoms with E-state index in [0.29, 0.717) is 24.8 Å². The summed E-state index contributed by atoms with van der Waals surface area (Å²) in [6.45, 7) is 5.35. The van der Waals surface area contributed by atoms with Crippen molar-refractivity contribution in [3.63, 3.8) is 0 Å². The Bertz CT molecular complexity index is 770. The molecule has 4 aliphatic rings. The molecule has 0 bridgehead atoms. The summed E-state index contributed by atoms with van der Waals surface area (Å²) in [5.41, 5.74) is -0.970. The molecule has 0 radical (unpaired) electrons. The average molecular weight is 376 g/mol. The Balaban J connectivity index is 1.81. The van der Waals surface area contributed by atoms with Gasteiger partial charge in [0.2, 0.25) is 0 Å². The highest BCUT2D eigenvalue weighted by atomic mass is 19.1. The van der Waals surface area contributed by atoms with E-state index in [2.05, 4.69) is 6.08 Å². The maximum Gasteiger partial charge on any atom is 0.178 e. The summed E-state index contributed by atoms with van der Waals surface area (Å²) < 4.78 is 15.2. The highest BCUT2D eigenvalue weighted by molar-refractivity contribution is 6.01. The first-order chi connectivity index (χ1) is 12.6. The molecule has 0 heterocycles.